The SMILES string of the molecule is CCCN(Cc1ccc(-c2noc(C(F)(F)F)n2)cc1)C(=O)C1CCOC1. The third-order valence-corrected chi connectivity index (χ3v) is 4.34. The molecule has 0 saturated carbocycles. The second-order valence-electron chi connectivity index (χ2n) is 6.44. The molecule has 2 heterocycles. The third-order valence-electron chi connectivity index (χ3n) is 4.34. The van der Waals surface area contributed by atoms with E-state index >= 15 is 0 Å². The molecule has 6 nitrogen and oxygen atoms in total. The number of aromatic nitrogens is 2. The summed E-state index contributed by atoms with van der Waals surface area (Å²) >= 11 is 0. The summed E-state index contributed by atoms with van der Waals surface area (Å²) in [4.78, 5) is 17.8. The molecule has 0 N–H and O–H groups in total. The molecule has 9 heteroatoms. The van der Waals surface area contributed by atoms with Crippen molar-refractivity contribution in [2.24, 2.45) is 5.92 Å². The van der Waals surface area contributed by atoms with Crippen LogP contribution in [0.5, 0.6) is 0 Å². The number of hydrogen-bond donors (Lipinski definition) is 0. The molecule has 1 aromatic heterocycles. The van der Waals surface area contributed by atoms with E-state index in [1.54, 1.807) is 29.2 Å². The molecule has 1 atom stereocenters. The zero-order chi connectivity index (χ0) is 19.4. The van der Waals surface area contributed by atoms with Crippen LogP contribution >= 0.6 is 0 Å². The molecule has 1 unspecified atom stereocenters. The van der Waals surface area contributed by atoms with Gasteiger partial charge in [-0.05, 0) is 18.4 Å². The lowest BCUT2D eigenvalue weighted by atomic mass is 10.1. The molecular weight excluding hydrogens is 363 g/mol. The number of benzene rings is 1. The molecule has 2 aromatic rings. The van der Waals surface area contributed by atoms with Gasteiger partial charge in [-0.2, -0.15) is 18.2 Å². The van der Waals surface area contributed by atoms with E-state index in [0.717, 1.165) is 18.4 Å². The molecule has 0 radical (unpaired) electrons. The molecule has 0 aliphatic carbocycles. The molecular formula is C18H20F3N3O3. The molecule has 0 bridgehead atoms. The highest BCUT2D eigenvalue weighted by atomic mass is 19.4. The van der Waals surface area contributed by atoms with Gasteiger partial charge in [0.25, 0.3) is 0 Å². The molecule has 1 aliphatic rings. The molecule has 3 rings (SSSR count). The van der Waals surface area contributed by atoms with Gasteiger partial charge < -0.3 is 14.2 Å². The van der Waals surface area contributed by atoms with E-state index in [2.05, 4.69) is 14.7 Å². The van der Waals surface area contributed by atoms with Crippen molar-refractivity contribution in [3.8, 4) is 11.4 Å². The molecule has 1 aliphatic heterocycles. The zero-order valence-corrected chi connectivity index (χ0v) is 14.8. The Labute approximate surface area is 154 Å². The van der Waals surface area contributed by atoms with Gasteiger partial charge in [-0.15, -0.1) is 0 Å². The Kier molecular flexibility index (Phi) is 5.79. The minimum Gasteiger partial charge on any atom is -0.381 e. The summed E-state index contributed by atoms with van der Waals surface area (Å²) in [6.45, 7) is 4.14. The van der Waals surface area contributed by atoms with Crippen LogP contribution in [0.15, 0.2) is 28.8 Å². The number of alkyl halides is 3. The lowest BCUT2D eigenvalue weighted by Gasteiger charge is -2.25. The Morgan fingerprint density at radius 1 is 1.30 bits per heavy atom. The van der Waals surface area contributed by atoms with Crippen molar-refractivity contribution in [2.75, 3.05) is 19.8 Å². The maximum atomic E-state index is 12.6. The Bertz CT molecular complexity index is 768. The average Bonchev–Trinajstić information content (AvgIpc) is 3.33. The molecule has 146 valence electrons. The number of ether oxygens (including phenoxy) is 1. The van der Waals surface area contributed by atoms with Gasteiger partial charge in [0.15, 0.2) is 0 Å². The van der Waals surface area contributed by atoms with E-state index in [-0.39, 0.29) is 17.6 Å². The predicted molar refractivity (Wildman–Crippen MR) is 89.4 cm³/mol. The van der Waals surface area contributed by atoms with Crippen LogP contribution in [0.3, 0.4) is 0 Å². The predicted octanol–water partition coefficient (Wildman–Crippen LogP) is 3.53. The topological polar surface area (TPSA) is 68.5 Å². The van der Waals surface area contributed by atoms with E-state index in [9.17, 15) is 18.0 Å². The fraction of sp³-hybridized carbons (Fsp3) is 0.500. The number of rotatable bonds is 6. The number of hydrogen-bond acceptors (Lipinski definition) is 5. The van der Waals surface area contributed by atoms with Crippen molar-refractivity contribution in [2.45, 2.75) is 32.5 Å². The van der Waals surface area contributed by atoms with Gasteiger partial charge in [-0.3, -0.25) is 4.79 Å². The first kappa shape index (κ1) is 19.3. The van der Waals surface area contributed by atoms with Crippen molar-refractivity contribution in [3.63, 3.8) is 0 Å². The van der Waals surface area contributed by atoms with Gasteiger partial charge in [0.1, 0.15) is 0 Å². The summed E-state index contributed by atoms with van der Waals surface area (Å²) in [7, 11) is 0. The summed E-state index contributed by atoms with van der Waals surface area (Å²) < 4.78 is 47.2. The molecule has 1 fully saturated rings. The van der Waals surface area contributed by atoms with Crippen molar-refractivity contribution in [3.05, 3.63) is 35.7 Å². The van der Waals surface area contributed by atoms with E-state index in [1.165, 1.54) is 0 Å². The zero-order valence-electron chi connectivity index (χ0n) is 14.8. The van der Waals surface area contributed by atoms with E-state index < -0.39 is 12.1 Å². The maximum absolute atomic E-state index is 12.6. The molecule has 1 amide bonds. The number of carbonyl (C=O) groups is 1. The van der Waals surface area contributed by atoms with E-state index in [1.807, 2.05) is 6.92 Å². The maximum Gasteiger partial charge on any atom is 0.471 e. The van der Waals surface area contributed by atoms with Crippen LogP contribution in [-0.4, -0.2) is 40.7 Å². The van der Waals surface area contributed by atoms with Crippen LogP contribution < -0.4 is 0 Å². The van der Waals surface area contributed by atoms with Crippen LogP contribution in [0.25, 0.3) is 11.4 Å². The van der Waals surface area contributed by atoms with Crippen LogP contribution in [0.2, 0.25) is 0 Å². The van der Waals surface area contributed by atoms with Gasteiger partial charge in [0.2, 0.25) is 11.7 Å². The molecule has 27 heavy (non-hydrogen) atoms. The normalized spacial score (nSPS) is 17.3. The largest absolute Gasteiger partial charge is 0.471 e. The minimum absolute atomic E-state index is 0.0754. The molecule has 0 spiro atoms. The summed E-state index contributed by atoms with van der Waals surface area (Å²) in [6.07, 6.45) is -3.10. The molecule has 1 saturated heterocycles. The van der Waals surface area contributed by atoms with Crippen molar-refractivity contribution >= 4 is 5.91 Å². The molecule has 1 aromatic carbocycles. The summed E-state index contributed by atoms with van der Waals surface area (Å²) in [5, 5.41) is 3.37. The van der Waals surface area contributed by atoms with Gasteiger partial charge in [-0.25, -0.2) is 0 Å². The van der Waals surface area contributed by atoms with Crippen LogP contribution in [0.1, 0.15) is 31.2 Å². The van der Waals surface area contributed by atoms with Gasteiger partial charge in [-0.1, -0.05) is 36.3 Å². The van der Waals surface area contributed by atoms with E-state index in [4.69, 9.17) is 4.74 Å². The van der Waals surface area contributed by atoms with Crippen molar-refractivity contribution in [1.29, 1.82) is 0 Å². The average molecular weight is 383 g/mol. The van der Waals surface area contributed by atoms with Crippen LogP contribution in [-0.2, 0) is 22.3 Å². The fourth-order valence-corrected chi connectivity index (χ4v) is 2.96. The number of nitrogens with zero attached hydrogens (tertiary/aromatic N) is 3. The summed E-state index contributed by atoms with van der Waals surface area (Å²) in [5.41, 5.74) is 1.29. The quantitative estimate of drug-likeness (QED) is 0.763. The number of amides is 1. The monoisotopic (exact) mass is 383 g/mol. The minimum atomic E-state index is -4.67. The Balaban J connectivity index is 1.70. The standard InChI is InChI=1S/C18H20F3N3O3/c1-2-8-24(16(25)14-7-9-26-11-14)10-12-3-5-13(6-4-12)15-22-17(27-23-15)18(19,20)21/h3-6,14H,2,7-11H2,1H3. The summed E-state index contributed by atoms with van der Waals surface area (Å²) in [5.74, 6) is -1.53. The van der Waals surface area contributed by atoms with Crippen molar-refractivity contribution in [1.82, 2.24) is 15.0 Å². The smallest absolute Gasteiger partial charge is 0.381 e. The Morgan fingerprint density at radius 3 is 2.59 bits per heavy atom. The number of halogens is 3. The first-order valence-corrected chi connectivity index (χ1v) is 8.75. The first-order chi connectivity index (χ1) is 12.9. The van der Waals surface area contributed by atoms with Crippen LogP contribution in [0, 0.1) is 5.92 Å². The second kappa shape index (κ2) is 8.08. The lowest BCUT2D eigenvalue weighted by molar-refractivity contribution is -0.159. The van der Waals surface area contributed by atoms with Crippen molar-refractivity contribution < 1.29 is 27.2 Å². The Hall–Kier alpha value is -2.42. The Morgan fingerprint density at radius 2 is 2.04 bits per heavy atom. The summed E-state index contributed by atoms with van der Waals surface area (Å²) in [6, 6.07) is 6.74. The highest BCUT2D eigenvalue weighted by Gasteiger charge is 2.38. The highest BCUT2D eigenvalue weighted by Crippen LogP contribution is 2.29. The lowest BCUT2D eigenvalue weighted by Crippen LogP contribution is -2.36. The van der Waals surface area contributed by atoms with E-state index in [0.29, 0.717) is 31.9 Å². The van der Waals surface area contributed by atoms with Gasteiger partial charge in [0.05, 0.1) is 12.5 Å². The first-order valence-electron chi connectivity index (χ1n) is 8.75. The van der Waals surface area contributed by atoms with Gasteiger partial charge >= 0.3 is 12.1 Å². The second-order valence-corrected chi connectivity index (χ2v) is 6.44. The third kappa shape index (κ3) is 4.65. The van der Waals surface area contributed by atoms with Gasteiger partial charge in [0, 0.05) is 25.3 Å². The fourth-order valence-electron chi connectivity index (χ4n) is 2.96. The number of carbonyl (C=O) groups excluding carboxylic acids is 1. The highest BCUT2D eigenvalue weighted by molar-refractivity contribution is 5.79. The van der Waals surface area contributed by atoms with Crippen LogP contribution in [0.4, 0.5) is 13.2 Å².